The number of nitrogens with one attached hydrogen (secondary N) is 1. The van der Waals surface area contributed by atoms with Gasteiger partial charge in [0.25, 0.3) is 16.0 Å². The molecule has 0 radical (unpaired) electrons. The monoisotopic (exact) mass is 709 g/mol. The molecular weight excluding hydrogens is 666 g/mol. The zero-order valence-corrected chi connectivity index (χ0v) is 29.3. The van der Waals surface area contributed by atoms with Crippen LogP contribution in [0.2, 0.25) is 0 Å². The van der Waals surface area contributed by atoms with E-state index < -0.39 is 16.1 Å². The van der Waals surface area contributed by atoms with Gasteiger partial charge in [0.15, 0.2) is 5.82 Å². The third-order valence-electron chi connectivity index (χ3n) is 8.82. The van der Waals surface area contributed by atoms with Gasteiger partial charge in [-0.3, -0.25) is 4.79 Å². The fourth-order valence-corrected chi connectivity index (χ4v) is 6.43. The summed E-state index contributed by atoms with van der Waals surface area (Å²) < 4.78 is 40.4. The van der Waals surface area contributed by atoms with Crippen molar-refractivity contribution in [2.75, 3.05) is 106 Å². The molecule has 3 amide bonds. The van der Waals surface area contributed by atoms with Crippen molar-refractivity contribution >= 4 is 45.3 Å². The average molecular weight is 710 g/mol. The van der Waals surface area contributed by atoms with Crippen LogP contribution in [0.4, 0.5) is 28.1 Å². The van der Waals surface area contributed by atoms with Gasteiger partial charge in [0.2, 0.25) is 11.9 Å². The molecule has 3 aliphatic heterocycles. The smallest absolute Gasteiger partial charge is 0.351 e. The van der Waals surface area contributed by atoms with Gasteiger partial charge in [0, 0.05) is 62.1 Å². The first-order valence-corrected chi connectivity index (χ1v) is 18.4. The molecule has 3 aromatic rings. The molecule has 3 fully saturated rings. The van der Waals surface area contributed by atoms with Crippen molar-refractivity contribution < 1.29 is 31.8 Å². The number of nitrogens with zero attached hydrogens (tertiary/aromatic N) is 8. The van der Waals surface area contributed by atoms with Crippen LogP contribution in [0.5, 0.6) is 0 Å². The molecule has 0 aliphatic carbocycles. The lowest BCUT2D eigenvalue weighted by atomic mass is 10.0. The maximum absolute atomic E-state index is 13.4. The van der Waals surface area contributed by atoms with Crippen LogP contribution in [-0.4, -0.2) is 137 Å². The summed E-state index contributed by atoms with van der Waals surface area (Å²) in [6.07, 6.45) is 2.62. The lowest BCUT2D eigenvalue weighted by Gasteiger charge is -2.35. The molecule has 50 heavy (non-hydrogen) atoms. The number of urea groups is 1. The molecule has 17 heteroatoms. The molecular formula is C33H43N9O7S. The largest absolute Gasteiger partial charge is 0.378 e. The summed E-state index contributed by atoms with van der Waals surface area (Å²) in [5.74, 6) is 1.47. The van der Waals surface area contributed by atoms with Crippen LogP contribution in [-0.2, 0) is 23.9 Å². The van der Waals surface area contributed by atoms with Crippen LogP contribution in [0.25, 0.3) is 11.4 Å². The Kier molecular flexibility index (Phi) is 11.1. The molecule has 0 saturated carbocycles. The van der Waals surface area contributed by atoms with Crippen LogP contribution in [0.3, 0.4) is 0 Å². The van der Waals surface area contributed by atoms with Gasteiger partial charge in [-0.1, -0.05) is 0 Å². The van der Waals surface area contributed by atoms with E-state index in [2.05, 4.69) is 20.0 Å². The first kappa shape index (κ1) is 35.4. The number of hydrogen-bond donors (Lipinski definition) is 1. The Morgan fingerprint density at radius 1 is 0.800 bits per heavy atom. The number of rotatable bonds is 9. The van der Waals surface area contributed by atoms with E-state index >= 15 is 0 Å². The lowest BCUT2D eigenvalue weighted by Crippen LogP contribution is -2.44. The van der Waals surface area contributed by atoms with Crippen molar-refractivity contribution in [3.05, 3.63) is 54.1 Å². The van der Waals surface area contributed by atoms with Crippen molar-refractivity contribution in [3.8, 4) is 11.4 Å². The molecule has 16 nitrogen and oxygen atoms in total. The number of aromatic nitrogens is 3. The number of hydroxylamine groups is 1. The van der Waals surface area contributed by atoms with Crippen molar-refractivity contribution in [2.24, 2.45) is 0 Å². The molecule has 1 N–H and O–H groups in total. The molecule has 0 bridgehead atoms. The maximum Gasteiger partial charge on any atom is 0.351 e. The Bertz CT molecular complexity index is 1700. The van der Waals surface area contributed by atoms with E-state index in [9.17, 15) is 18.0 Å². The van der Waals surface area contributed by atoms with E-state index in [1.807, 2.05) is 14.1 Å². The summed E-state index contributed by atoms with van der Waals surface area (Å²) in [7, 11) is -0.0153. The predicted molar refractivity (Wildman–Crippen MR) is 188 cm³/mol. The average Bonchev–Trinajstić information content (AvgIpc) is 3.14. The minimum Gasteiger partial charge on any atom is -0.378 e. The molecule has 0 unspecified atom stereocenters. The summed E-state index contributed by atoms with van der Waals surface area (Å²) in [5, 5.41) is 3.34. The zero-order valence-electron chi connectivity index (χ0n) is 28.5. The number of piperidine rings is 1. The second-order valence-electron chi connectivity index (χ2n) is 12.6. The van der Waals surface area contributed by atoms with Crippen LogP contribution in [0.1, 0.15) is 23.2 Å². The number of ether oxygens (including phenoxy) is 2. The molecule has 6 rings (SSSR count). The molecule has 3 aliphatic rings. The standard InChI is InChI=1S/C33H43N9O7S/c1-38(2)27-12-14-39(15-13-27)30(43)25-6-10-28(11-7-25)42(49-50(3,45)46)33(44)34-26-8-4-24(5-9-26)29-35-31(40-16-20-47-21-17-40)37-32(36-29)41-18-22-48-23-19-41/h4-11,27H,12-23H2,1-3H3,(H,34,44). The predicted octanol–water partition coefficient (Wildman–Crippen LogP) is 2.31. The van der Waals surface area contributed by atoms with Crippen LogP contribution < -0.4 is 20.2 Å². The van der Waals surface area contributed by atoms with E-state index in [4.69, 9.17) is 28.7 Å². The Balaban J connectivity index is 1.17. The number of morpholine rings is 2. The number of likely N-dealkylation sites (tertiary alicyclic amines) is 1. The Morgan fingerprint density at radius 2 is 1.34 bits per heavy atom. The first-order valence-electron chi connectivity index (χ1n) is 16.6. The fraction of sp³-hybridized carbons (Fsp3) is 0.485. The van der Waals surface area contributed by atoms with Crippen molar-refractivity contribution in [2.45, 2.75) is 18.9 Å². The van der Waals surface area contributed by atoms with Gasteiger partial charge in [-0.15, -0.1) is 4.28 Å². The third kappa shape index (κ3) is 8.83. The minimum atomic E-state index is -4.09. The topological polar surface area (TPSA) is 163 Å². The normalized spacial score (nSPS) is 17.6. The molecule has 0 spiro atoms. The van der Waals surface area contributed by atoms with E-state index in [-0.39, 0.29) is 11.6 Å². The number of amides is 3. The highest BCUT2D eigenvalue weighted by atomic mass is 32.2. The third-order valence-corrected chi connectivity index (χ3v) is 9.24. The summed E-state index contributed by atoms with van der Waals surface area (Å²) in [6.45, 7) is 6.28. The summed E-state index contributed by atoms with van der Waals surface area (Å²) >= 11 is 0. The highest BCUT2D eigenvalue weighted by molar-refractivity contribution is 7.86. The number of hydrogen-bond acceptors (Lipinski definition) is 13. The van der Waals surface area contributed by atoms with Gasteiger partial charge in [-0.25, -0.2) is 4.79 Å². The second-order valence-corrected chi connectivity index (χ2v) is 14.1. The number of benzene rings is 2. The van der Waals surface area contributed by atoms with Crippen molar-refractivity contribution in [1.29, 1.82) is 0 Å². The van der Waals surface area contributed by atoms with E-state index in [0.717, 1.165) is 19.1 Å². The van der Waals surface area contributed by atoms with Crippen LogP contribution in [0.15, 0.2) is 48.5 Å². The van der Waals surface area contributed by atoms with Gasteiger partial charge < -0.3 is 34.4 Å². The lowest BCUT2D eigenvalue weighted by molar-refractivity contribution is 0.0663. The van der Waals surface area contributed by atoms with Gasteiger partial charge in [-0.2, -0.15) is 28.4 Å². The number of anilines is 4. The molecule has 2 aromatic carbocycles. The summed E-state index contributed by atoms with van der Waals surface area (Å²) in [6, 6.07) is 12.5. The Hall–Kier alpha value is -4.42. The highest BCUT2D eigenvalue weighted by Gasteiger charge is 2.27. The molecule has 4 heterocycles. The molecule has 1 aromatic heterocycles. The fourth-order valence-electron chi connectivity index (χ4n) is 6.01. The SMILES string of the molecule is CN(C)C1CCN(C(=O)c2ccc(N(OS(C)(=O)=O)C(=O)Nc3ccc(-c4nc(N5CCOCC5)nc(N5CCOCC5)n4)cc3)cc2)CC1. The van der Waals surface area contributed by atoms with Crippen LogP contribution in [0, 0.1) is 0 Å². The van der Waals surface area contributed by atoms with E-state index in [1.165, 1.54) is 12.1 Å². The van der Waals surface area contributed by atoms with Gasteiger partial charge >= 0.3 is 6.03 Å². The number of carbonyl (C=O) groups is 2. The summed E-state index contributed by atoms with van der Waals surface area (Å²) in [4.78, 5) is 49.0. The van der Waals surface area contributed by atoms with Crippen LogP contribution >= 0.6 is 0 Å². The Morgan fingerprint density at radius 3 is 1.84 bits per heavy atom. The van der Waals surface area contributed by atoms with E-state index in [1.54, 1.807) is 41.3 Å². The number of carbonyl (C=O) groups excluding carboxylic acids is 2. The second kappa shape index (κ2) is 15.6. The quantitative estimate of drug-likeness (QED) is 0.323. The molecule has 0 atom stereocenters. The molecule has 268 valence electrons. The molecule has 3 saturated heterocycles. The van der Waals surface area contributed by atoms with E-state index in [0.29, 0.717) is 111 Å². The highest BCUT2D eigenvalue weighted by Crippen LogP contribution is 2.26. The minimum absolute atomic E-state index is 0.124. The first-order chi connectivity index (χ1) is 24.0. The maximum atomic E-state index is 13.4. The van der Waals surface area contributed by atoms with Crippen molar-refractivity contribution in [3.63, 3.8) is 0 Å². The Labute approximate surface area is 292 Å². The van der Waals surface area contributed by atoms with Gasteiger partial charge in [0.05, 0.1) is 38.4 Å². The zero-order chi connectivity index (χ0) is 35.3. The van der Waals surface area contributed by atoms with Crippen molar-refractivity contribution in [1.82, 2.24) is 24.8 Å². The van der Waals surface area contributed by atoms with Gasteiger partial charge in [0.1, 0.15) is 0 Å². The van der Waals surface area contributed by atoms with Gasteiger partial charge in [-0.05, 0) is 75.5 Å². The summed E-state index contributed by atoms with van der Waals surface area (Å²) in [5.41, 5.74) is 1.64.